The van der Waals surface area contributed by atoms with Gasteiger partial charge in [-0.3, -0.25) is 20.4 Å². The maximum Gasteiger partial charge on any atom is 0.279 e. The molecule has 5 heteroatoms. The minimum Gasteiger partial charge on any atom is -0.481 e. The number of rotatable bonds is 7. The summed E-state index contributed by atoms with van der Waals surface area (Å²) in [5, 5.41) is 0. The van der Waals surface area contributed by atoms with Gasteiger partial charge in [0.25, 0.3) is 5.91 Å². The number of hydrogen-bond acceptors (Lipinski definition) is 3. The fourth-order valence-corrected chi connectivity index (χ4v) is 1.91. The average Bonchev–Trinajstić information content (AvgIpc) is 2.48. The highest BCUT2D eigenvalue weighted by atomic mass is 16.5. The molecule has 0 saturated heterocycles. The van der Waals surface area contributed by atoms with Gasteiger partial charge in [-0.1, -0.05) is 31.9 Å². The van der Waals surface area contributed by atoms with E-state index in [1.165, 1.54) is 0 Å². The zero-order valence-electron chi connectivity index (χ0n) is 13.9. The first-order valence-corrected chi connectivity index (χ1v) is 7.76. The van der Waals surface area contributed by atoms with Gasteiger partial charge in [0.05, 0.1) is 0 Å². The van der Waals surface area contributed by atoms with Crippen LogP contribution in [-0.4, -0.2) is 17.9 Å². The van der Waals surface area contributed by atoms with Crippen LogP contribution in [0.25, 0.3) is 0 Å². The SMILES string of the molecule is CCCCCC(=O)NNC(=O)C(C)Oc1cc(C)ccc1C. The lowest BCUT2D eigenvalue weighted by molar-refractivity contribution is -0.132. The third-order valence-corrected chi connectivity index (χ3v) is 3.35. The van der Waals surface area contributed by atoms with E-state index in [9.17, 15) is 9.59 Å². The number of amides is 2. The maximum atomic E-state index is 11.9. The van der Waals surface area contributed by atoms with Crippen molar-refractivity contribution in [1.29, 1.82) is 0 Å². The molecule has 0 fully saturated rings. The Labute approximate surface area is 132 Å². The number of unbranched alkanes of at least 4 members (excludes halogenated alkanes) is 2. The number of ether oxygens (including phenoxy) is 1. The molecule has 0 bridgehead atoms. The zero-order valence-corrected chi connectivity index (χ0v) is 13.9. The van der Waals surface area contributed by atoms with Gasteiger partial charge in [0.2, 0.25) is 5.91 Å². The van der Waals surface area contributed by atoms with E-state index in [4.69, 9.17) is 4.74 Å². The van der Waals surface area contributed by atoms with Crippen molar-refractivity contribution in [3.63, 3.8) is 0 Å². The van der Waals surface area contributed by atoms with Gasteiger partial charge < -0.3 is 4.74 Å². The topological polar surface area (TPSA) is 67.4 Å². The number of nitrogens with one attached hydrogen (secondary N) is 2. The Morgan fingerprint density at radius 1 is 1.18 bits per heavy atom. The molecule has 0 aliphatic heterocycles. The van der Waals surface area contributed by atoms with Crippen LogP contribution in [0.2, 0.25) is 0 Å². The first-order valence-electron chi connectivity index (χ1n) is 7.76. The van der Waals surface area contributed by atoms with Crippen molar-refractivity contribution >= 4 is 11.8 Å². The summed E-state index contributed by atoms with van der Waals surface area (Å²) in [7, 11) is 0. The highest BCUT2D eigenvalue weighted by Crippen LogP contribution is 2.20. The molecule has 2 N–H and O–H groups in total. The average molecular weight is 306 g/mol. The Morgan fingerprint density at radius 3 is 2.59 bits per heavy atom. The normalized spacial score (nSPS) is 11.6. The summed E-state index contributed by atoms with van der Waals surface area (Å²) in [6, 6.07) is 5.83. The monoisotopic (exact) mass is 306 g/mol. The molecule has 1 unspecified atom stereocenters. The van der Waals surface area contributed by atoms with E-state index in [0.717, 1.165) is 30.4 Å². The van der Waals surface area contributed by atoms with Crippen molar-refractivity contribution in [2.24, 2.45) is 0 Å². The van der Waals surface area contributed by atoms with Crippen LogP contribution in [0.15, 0.2) is 18.2 Å². The van der Waals surface area contributed by atoms with Crippen molar-refractivity contribution in [2.45, 2.75) is 59.5 Å². The molecule has 1 aromatic rings. The molecule has 0 aromatic heterocycles. The number of aryl methyl sites for hydroxylation is 2. The summed E-state index contributed by atoms with van der Waals surface area (Å²) in [6.45, 7) is 7.62. The zero-order chi connectivity index (χ0) is 16.5. The molecule has 5 nitrogen and oxygen atoms in total. The highest BCUT2D eigenvalue weighted by Gasteiger charge is 2.16. The third-order valence-electron chi connectivity index (χ3n) is 3.35. The lowest BCUT2D eigenvalue weighted by atomic mass is 10.1. The number of hydrogen-bond donors (Lipinski definition) is 2. The summed E-state index contributed by atoms with van der Waals surface area (Å²) >= 11 is 0. The van der Waals surface area contributed by atoms with Gasteiger partial charge in [0.1, 0.15) is 5.75 Å². The smallest absolute Gasteiger partial charge is 0.279 e. The molecular weight excluding hydrogens is 280 g/mol. The number of carbonyl (C=O) groups is 2. The largest absolute Gasteiger partial charge is 0.481 e. The van der Waals surface area contributed by atoms with E-state index < -0.39 is 6.10 Å². The molecule has 0 aliphatic carbocycles. The second-order valence-electron chi connectivity index (χ2n) is 5.52. The molecule has 0 heterocycles. The van der Waals surface area contributed by atoms with Crippen LogP contribution in [0.4, 0.5) is 0 Å². The fraction of sp³-hybridized carbons (Fsp3) is 0.529. The van der Waals surface area contributed by atoms with E-state index in [2.05, 4.69) is 17.8 Å². The van der Waals surface area contributed by atoms with Crippen LogP contribution in [0.5, 0.6) is 5.75 Å². The Hall–Kier alpha value is -2.04. The minimum atomic E-state index is -0.684. The van der Waals surface area contributed by atoms with Gasteiger partial charge >= 0.3 is 0 Å². The third kappa shape index (κ3) is 6.16. The van der Waals surface area contributed by atoms with Gasteiger partial charge in [0.15, 0.2) is 6.10 Å². The fourth-order valence-electron chi connectivity index (χ4n) is 1.91. The molecule has 0 aliphatic rings. The van der Waals surface area contributed by atoms with E-state index in [-0.39, 0.29) is 11.8 Å². The molecule has 1 rings (SSSR count). The quantitative estimate of drug-likeness (QED) is 0.601. The van der Waals surface area contributed by atoms with E-state index in [1.807, 2.05) is 32.0 Å². The Morgan fingerprint density at radius 2 is 1.91 bits per heavy atom. The summed E-state index contributed by atoms with van der Waals surface area (Å²) in [5.41, 5.74) is 6.85. The minimum absolute atomic E-state index is 0.180. The summed E-state index contributed by atoms with van der Waals surface area (Å²) < 4.78 is 5.66. The van der Waals surface area contributed by atoms with Gasteiger partial charge in [-0.25, -0.2) is 0 Å². The van der Waals surface area contributed by atoms with E-state index in [1.54, 1.807) is 6.92 Å². The van der Waals surface area contributed by atoms with Crippen molar-refractivity contribution in [1.82, 2.24) is 10.9 Å². The summed E-state index contributed by atoms with van der Waals surface area (Å²) in [5.74, 6) is 0.127. The molecule has 1 atom stereocenters. The molecule has 122 valence electrons. The van der Waals surface area contributed by atoms with Gasteiger partial charge in [-0.05, 0) is 44.4 Å². The highest BCUT2D eigenvalue weighted by molar-refractivity contribution is 5.84. The van der Waals surface area contributed by atoms with E-state index in [0.29, 0.717) is 12.2 Å². The predicted molar refractivity (Wildman–Crippen MR) is 86.4 cm³/mol. The predicted octanol–water partition coefficient (Wildman–Crippen LogP) is 2.80. The van der Waals surface area contributed by atoms with Crippen LogP contribution >= 0.6 is 0 Å². The standard InChI is InChI=1S/C17H26N2O3/c1-5-6-7-8-16(20)18-19-17(21)14(4)22-15-11-12(2)9-10-13(15)3/h9-11,14H,5-8H2,1-4H3,(H,18,20)(H,19,21). The number of hydrazine groups is 1. The first kappa shape index (κ1) is 18.0. The van der Waals surface area contributed by atoms with Crippen molar-refractivity contribution in [3.8, 4) is 5.75 Å². The number of carbonyl (C=O) groups excluding carboxylic acids is 2. The van der Waals surface area contributed by atoms with Gasteiger partial charge in [-0.2, -0.15) is 0 Å². The van der Waals surface area contributed by atoms with Gasteiger partial charge in [-0.15, -0.1) is 0 Å². The second-order valence-corrected chi connectivity index (χ2v) is 5.52. The van der Waals surface area contributed by atoms with Crippen LogP contribution in [0.1, 0.15) is 50.7 Å². The van der Waals surface area contributed by atoms with Crippen LogP contribution < -0.4 is 15.6 Å². The second kappa shape index (κ2) is 9.07. The number of benzene rings is 1. The summed E-state index contributed by atoms with van der Waals surface area (Å²) in [4.78, 5) is 23.5. The Bertz CT molecular complexity index is 515. The van der Waals surface area contributed by atoms with Crippen LogP contribution in [-0.2, 0) is 9.59 Å². The molecule has 0 saturated carbocycles. The summed E-state index contributed by atoms with van der Waals surface area (Å²) in [6.07, 6.45) is 2.62. The van der Waals surface area contributed by atoms with Gasteiger partial charge in [0, 0.05) is 6.42 Å². The van der Waals surface area contributed by atoms with Crippen molar-refractivity contribution in [2.75, 3.05) is 0 Å². The Balaban J connectivity index is 2.42. The Kier molecular flexibility index (Phi) is 7.43. The maximum absolute atomic E-state index is 11.9. The lowest BCUT2D eigenvalue weighted by Gasteiger charge is -2.17. The molecule has 2 amide bonds. The van der Waals surface area contributed by atoms with Crippen molar-refractivity contribution in [3.05, 3.63) is 29.3 Å². The van der Waals surface area contributed by atoms with Crippen LogP contribution in [0, 0.1) is 13.8 Å². The first-order chi connectivity index (χ1) is 10.4. The molecule has 0 spiro atoms. The van der Waals surface area contributed by atoms with Crippen LogP contribution in [0.3, 0.4) is 0 Å². The van der Waals surface area contributed by atoms with Crippen molar-refractivity contribution < 1.29 is 14.3 Å². The molecule has 1 aromatic carbocycles. The lowest BCUT2D eigenvalue weighted by Crippen LogP contribution is -2.47. The van der Waals surface area contributed by atoms with E-state index >= 15 is 0 Å². The molecular formula is C17H26N2O3. The molecule has 22 heavy (non-hydrogen) atoms. The molecule has 0 radical (unpaired) electrons.